The van der Waals surface area contributed by atoms with Crippen LogP contribution in [0.5, 0.6) is 5.75 Å². The average molecular weight is 524 g/mol. The van der Waals surface area contributed by atoms with E-state index in [0.29, 0.717) is 29.4 Å². The summed E-state index contributed by atoms with van der Waals surface area (Å²) < 4.78 is 10.5. The molecule has 2 fully saturated rings. The van der Waals surface area contributed by atoms with Gasteiger partial charge in [-0.3, -0.25) is 24.7 Å². The Morgan fingerprint density at radius 2 is 1.84 bits per heavy atom. The molecule has 38 heavy (non-hydrogen) atoms. The Hall–Kier alpha value is -4.41. The fourth-order valence-electron chi connectivity index (χ4n) is 3.97. The van der Waals surface area contributed by atoms with Crippen molar-refractivity contribution in [1.29, 1.82) is 0 Å². The zero-order chi connectivity index (χ0) is 27.8. The number of hydrogen-bond acceptors (Lipinski definition) is 7. The van der Waals surface area contributed by atoms with Crippen LogP contribution >= 0.6 is 0 Å². The number of urea groups is 1. The number of carbonyl (C=O) groups is 4. The normalized spacial score (nSPS) is 19.1. The highest BCUT2D eigenvalue weighted by Gasteiger charge is 2.33. The van der Waals surface area contributed by atoms with Gasteiger partial charge in [0.2, 0.25) is 5.91 Å². The van der Waals surface area contributed by atoms with Gasteiger partial charge in [0.15, 0.2) is 11.6 Å². The maximum Gasteiger partial charge on any atom is 0.322 e. The predicted molar refractivity (Wildman–Crippen MR) is 140 cm³/mol. The Morgan fingerprint density at radius 3 is 2.39 bits per heavy atom. The van der Waals surface area contributed by atoms with Crippen molar-refractivity contribution < 1.29 is 28.3 Å². The SMILES string of the molecule is CC.CC1CCC(=O)N1.COc1ccc2c(c1)C(=O)N(C)C2.O=C1NC(=O)C(c2cc3ncccc3o2)N1. The Labute approximate surface area is 220 Å². The van der Waals surface area contributed by atoms with Crippen LogP contribution in [0.1, 0.15) is 61.3 Å². The van der Waals surface area contributed by atoms with Crippen molar-refractivity contribution in [2.75, 3.05) is 14.2 Å². The Balaban J connectivity index is 0.000000163. The first-order valence-corrected chi connectivity index (χ1v) is 12.4. The molecule has 11 heteroatoms. The number of methoxy groups -OCH3 is 1. The zero-order valence-electron chi connectivity index (χ0n) is 22.2. The molecule has 11 nitrogen and oxygen atoms in total. The standard InChI is InChI=1S/C10H7N3O3.C10H11NO2.C5H9NO.C2H6/c14-9-8(12-10(15)13-9)7-4-5-6(16-7)2-1-3-11-5;1-11-6-7-3-4-8(13-2)5-9(7)10(11)12;1-4-2-3-5(7)6-4;1-2/h1-4,8H,(H2,12,13,14,15);3-5H,6H2,1-2H3;4H,2-3H2,1H3,(H,6,7);1-2H3. The third-order valence-electron chi connectivity index (χ3n) is 5.88. The van der Waals surface area contributed by atoms with Crippen LogP contribution in [0.25, 0.3) is 11.1 Å². The lowest BCUT2D eigenvalue weighted by Gasteiger charge is -2.04. The summed E-state index contributed by atoms with van der Waals surface area (Å²) in [5.41, 5.74) is 3.09. The van der Waals surface area contributed by atoms with Crippen molar-refractivity contribution in [3.63, 3.8) is 0 Å². The molecule has 3 aromatic rings. The molecule has 3 N–H and O–H groups in total. The molecule has 2 unspecified atom stereocenters. The smallest absolute Gasteiger partial charge is 0.322 e. The molecule has 5 amide bonds. The number of rotatable bonds is 2. The molecule has 0 radical (unpaired) electrons. The highest BCUT2D eigenvalue weighted by molar-refractivity contribution is 6.04. The van der Waals surface area contributed by atoms with Crippen LogP contribution < -0.4 is 20.7 Å². The molecule has 2 atom stereocenters. The lowest BCUT2D eigenvalue weighted by Crippen LogP contribution is -2.22. The van der Waals surface area contributed by atoms with Crippen molar-refractivity contribution in [3.05, 3.63) is 59.5 Å². The van der Waals surface area contributed by atoms with E-state index in [0.717, 1.165) is 29.7 Å². The second-order valence-electron chi connectivity index (χ2n) is 8.62. The van der Waals surface area contributed by atoms with Crippen molar-refractivity contribution in [2.24, 2.45) is 0 Å². The Morgan fingerprint density at radius 1 is 1.08 bits per heavy atom. The quantitative estimate of drug-likeness (QED) is 0.437. The molecule has 0 bridgehead atoms. The molecule has 0 spiro atoms. The van der Waals surface area contributed by atoms with Crippen molar-refractivity contribution in [2.45, 2.75) is 52.2 Å². The summed E-state index contributed by atoms with van der Waals surface area (Å²) in [6, 6.07) is 9.90. The lowest BCUT2D eigenvalue weighted by atomic mass is 10.1. The summed E-state index contributed by atoms with van der Waals surface area (Å²) in [7, 11) is 3.40. The predicted octanol–water partition coefficient (Wildman–Crippen LogP) is 3.30. The summed E-state index contributed by atoms with van der Waals surface area (Å²) in [6.07, 6.45) is 3.37. The van der Waals surface area contributed by atoms with Gasteiger partial charge in [-0.05, 0) is 43.2 Å². The monoisotopic (exact) mass is 523 g/mol. The number of amides is 5. The topological polar surface area (TPSA) is 143 Å². The maximum atomic E-state index is 11.5. The molecule has 5 heterocycles. The maximum absolute atomic E-state index is 11.5. The van der Waals surface area contributed by atoms with Crippen molar-refractivity contribution in [1.82, 2.24) is 25.8 Å². The van der Waals surface area contributed by atoms with E-state index >= 15 is 0 Å². The van der Waals surface area contributed by atoms with Gasteiger partial charge in [-0.1, -0.05) is 19.9 Å². The van der Waals surface area contributed by atoms with Gasteiger partial charge in [0.05, 0.1) is 7.11 Å². The summed E-state index contributed by atoms with van der Waals surface area (Å²) in [6.45, 7) is 6.73. The first-order chi connectivity index (χ1) is 18.2. The van der Waals surface area contributed by atoms with Gasteiger partial charge in [0.25, 0.3) is 11.8 Å². The molecule has 2 aromatic heterocycles. The van der Waals surface area contributed by atoms with Crippen LogP contribution in [-0.4, -0.2) is 53.8 Å². The summed E-state index contributed by atoms with van der Waals surface area (Å²) >= 11 is 0. The van der Waals surface area contributed by atoms with E-state index in [2.05, 4.69) is 20.9 Å². The Bertz CT molecular complexity index is 1290. The first-order valence-electron chi connectivity index (χ1n) is 12.4. The van der Waals surface area contributed by atoms with E-state index < -0.39 is 18.0 Å². The Kier molecular flexibility index (Phi) is 9.42. The number of nitrogens with one attached hydrogen (secondary N) is 3. The molecular formula is C27H33N5O6. The van der Waals surface area contributed by atoms with Crippen LogP contribution in [-0.2, 0) is 16.1 Å². The molecule has 6 rings (SSSR count). The number of hydrogen-bond donors (Lipinski definition) is 3. The van der Waals surface area contributed by atoms with E-state index in [1.54, 1.807) is 49.5 Å². The minimum atomic E-state index is -0.762. The van der Waals surface area contributed by atoms with Crippen LogP contribution in [0, 0.1) is 0 Å². The highest BCUT2D eigenvalue weighted by Crippen LogP contribution is 2.25. The summed E-state index contributed by atoms with van der Waals surface area (Å²) in [4.78, 5) is 50.0. The number of benzene rings is 1. The first kappa shape index (κ1) is 28.2. The minimum Gasteiger partial charge on any atom is -0.497 e. The van der Waals surface area contributed by atoms with E-state index in [1.165, 1.54) is 0 Å². The number of carbonyl (C=O) groups excluding carboxylic acids is 4. The third-order valence-corrected chi connectivity index (χ3v) is 5.88. The molecule has 0 aliphatic carbocycles. The van der Waals surface area contributed by atoms with Crippen LogP contribution in [0.2, 0.25) is 0 Å². The van der Waals surface area contributed by atoms with Crippen LogP contribution in [0.3, 0.4) is 0 Å². The van der Waals surface area contributed by atoms with Crippen LogP contribution in [0.15, 0.2) is 47.0 Å². The second kappa shape index (κ2) is 12.7. The number of ether oxygens (including phenoxy) is 1. The zero-order valence-corrected chi connectivity index (χ0v) is 22.2. The molecule has 2 saturated heterocycles. The molecule has 3 aliphatic heterocycles. The summed E-state index contributed by atoms with van der Waals surface area (Å²) in [5.74, 6) is 0.991. The fraction of sp³-hybridized carbons (Fsp3) is 0.370. The van der Waals surface area contributed by atoms with E-state index in [4.69, 9.17) is 9.15 Å². The number of imide groups is 1. The average Bonchev–Trinajstić information content (AvgIpc) is 3.67. The van der Waals surface area contributed by atoms with Gasteiger partial charge in [-0.2, -0.15) is 0 Å². The number of furan rings is 1. The molecular weight excluding hydrogens is 490 g/mol. The minimum absolute atomic E-state index is 0.0777. The van der Waals surface area contributed by atoms with E-state index in [9.17, 15) is 19.2 Å². The van der Waals surface area contributed by atoms with E-state index in [-0.39, 0.29) is 11.8 Å². The van der Waals surface area contributed by atoms with E-state index in [1.807, 2.05) is 32.9 Å². The van der Waals surface area contributed by atoms with Gasteiger partial charge in [-0.25, -0.2) is 4.79 Å². The van der Waals surface area contributed by atoms with Gasteiger partial charge < -0.3 is 24.7 Å². The molecule has 202 valence electrons. The van der Waals surface area contributed by atoms with Gasteiger partial charge in [-0.15, -0.1) is 0 Å². The van der Waals surface area contributed by atoms with Crippen molar-refractivity contribution >= 4 is 34.9 Å². The third kappa shape index (κ3) is 6.67. The highest BCUT2D eigenvalue weighted by atomic mass is 16.5. The second-order valence-corrected chi connectivity index (χ2v) is 8.62. The van der Waals surface area contributed by atoms with Gasteiger partial charge >= 0.3 is 6.03 Å². The molecule has 1 aromatic carbocycles. The number of nitrogens with zero attached hydrogens (tertiary/aromatic N) is 2. The van der Waals surface area contributed by atoms with Gasteiger partial charge in [0, 0.05) is 43.9 Å². The van der Waals surface area contributed by atoms with Crippen molar-refractivity contribution in [3.8, 4) is 5.75 Å². The number of aromatic nitrogens is 1. The largest absolute Gasteiger partial charge is 0.497 e. The lowest BCUT2D eigenvalue weighted by molar-refractivity contribution is -0.121. The number of pyridine rings is 1. The van der Waals surface area contributed by atoms with Crippen LogP contribution in [0.4, 0.5) is 4.79 Å². The fourth-order valence-corrected chi connectivity index (χ4v) is 3.97. The number of fused-ring (bicyclic) bond motifs is 2. The van der Waals surface area contributed by atoms with Gasteiger partial charge in [0.1, 0.15) is 17.0 Å². The molecule has 3 aliphatic rings. The molecule has 0 saturated carbocycles. The summed E-state index contributed by atoms with van der Waals surface area (Å²) in [5, 5.41) is 7.38.